The van der Waals surface area contributed by atoms with Crippen molar-refractivity contribution >= 4 is 12.2 Å². The lowest BCUT2D eigenvalue weighted by atomic mass is 9.88. The molecule has 0 bridgehead atoms. The van der Waals surface area contributed by atoms with Crippen LogP contribution in [-0.4, -0.2) is 36.2 Å². The predicted molar refractivity (Wildman–Crippen MR) is 95.7 cm³/mol. The summed E-state index contributed by atoms with van der Waals surface area (Å²) in [6, 6.07) is 10.3. The number of nitrogens with zero attached hydrogens (tertiary/aromatic N) is 3. The van der Waals surface area contributed by atoms with Crippen molar-refractivity contribution < 1.29 is 4.79 Å². The van der Waals surface area contributed by atoms with E-state index in [1.165, 1.54) is 5.56 Å². The lowest BCUT2D eigenvalue weighted by Crippen LogP contribution is -2.35. The van der Waals surface area contributed by atoms with Gasteiger partial charge in [-0.1, -0.05) is 18.2 Å². The topological polar surface area (TPSA) is 71.6 Å². The maximum Gasteiger partial charge on any atom is 0.191 e. The van der Waals surface area contributed by atoms with E-state index in [-0.39, 0.29) is 0 Å². The van der Waals surface area contributed by atoms with Crippen LogP contribution in [0.5, 0.6) is 0 Å². The monoisotopic (exact) mass is 322 g/mol. The number of aryl methyl sites for hydroxylation is 1. The Balaban J connectivity index is 2.11. The van der Waals surface area contributed by atoms with E-state index in [1.54, 1.807) is 11.1 Å². The number of guanidine groups is 1. The van der Waals surface area contributed by atoms with Crippen LogP contribution < -0.4 is 5.73 Å². The molecule has 1 unspecified atom stereocenters. The zero-order valence-corrected chi connectivity index (χ0v) is 14.1. The maximum atomic E-state index is 11.3. The number of nitrogens with two attached hydrogens (primary N) is 1. The second kappa shape index (κ2) is 6.43. The van der Waals surface area contributed by atoms with Crippen LogP contribution in [-0.2, 0) is 16.8 Å². The number of carbonyl (C=O) groups is 1. The quantitative estimate of drug-likeness (QED) is 0.533. The molecule has 24 heavy (non-hydrogen) atoms. The number of hydrogen-bond donors (Lipinski definition) is 1. The summed E-state index contributed by atoms with van der Waals surface area (Å²) in [6.07, 6.45) is 6.58. The molecular formula is C19H22N4O. The van der Waals surface area contributed by atoms with Gasteiger partial charge in [0.1, 0.15) is 6.29 Å². The first-order valence-electron chi connectivity index (χ1n) is 8.06. The van der Waals surface area contributed by atoms with Crippen molar-refractivity contribution in [1.29, 1.82) is 0 Å². The Hall–Kier alpha value is -2.69. The molecule has 0 aliphatic heterocycles. The van der Waals surface area contributed by atoms with E-state index in [9.17, 15) is 4.79 Å². The van der Waals surface area contributed by atoms with Gasteiger partial charge in [-0.15, -0.1) is 0 Å². The highest BCUT2D eigenvalue weighted by molar-refractivity contribution is 5.79. The molecule has 0 amide bonds. The fourth-order valence-electron chi connectivity index (χ4n) is 3.25. The second-order valence-electron chi connectivity index (χ2n) is 6.38. The molecule has 5 nitrogen and oxygen atoms in total. The van der Waals surface area contributed by atoms with E-state index in [2.05, 4.69) is 23.2 Å². The second-order valence-corrected chi connectivity index (χ2v) is 6.38. The molecule has 0 saturated heterocycles. The van der Waals surface area contributed by atoms with Crippen LogP contribution in [0.4, 0.5) is 0 Å². The molecule has 5 heteroatoms. The first-order valence-corrected chi connectivity index (χ1v) is 8.06. The van der Waals surface area contributed by atoms with Gasteiger partial charge in [0.15, 0.2) is 5.96 Å². The van der Waals surface area contributed by atoms with Crippen molar-refractivity contribution in [2.75, 3.05) is 14.1 Å². The van der Waals surface area contributed by atoms with Gasteiger partial charge in [-0.05, 0) is 47.2 Å². The molecule has 0 saturated carbocycles. The lowest BCUT2D eigenvalue weighted by Gasteiger charge is -2.26. The van der Waals surface area contributed by atoms with Crippen LogP contribution in [0.3, 0.4) is 0 Å². The van der Waals surface area contributed by atoms with Gasteiger partial charge in [0.05, 0.1) is 5.54 Å². The number of benzene rings is 1. The van der Waals surface area contributed by atoms with E-state index >= 15 is 0 Å². The molecule has 0 fully saturated rings. The lowest BCUT2D eigenvalue weighted by molar-refractivity contribution is -0.108. The minimum absolute atomic E-state index is 0.338. The van der Waals surface area contributed by atoms with Gasteiger partial charge in [-0.3, -0.25) is 4.98 Å². The van der Waals surface area contributed by atoms with Gasteiger partial charge in [0.2, 0.25) is 0 Å². The SMILES string of the molecule is CN(C)C(N)=NC1(CC=O)CCc2ccc(-c3cccnc3)cc21. The van der Waals surface area contributed by atoms with Crippen molar-refractivity contribution in [3.8, 4) is 11.1 Å². The summed E-state index contributed by atoms with van der Waals surface area (Å²) in [4.78, 5) is 22.1. The minimum Gasteiger partial charge on any atom is -0.370 e. The number of aliphatic imine (C=N–C) groups is 1. The molecule has 0 radical (unpaired) electrons. The summed E-state index contributed by atoms with van der Waals surface area (Å²) in [5.41, 5.74) is 9.97. The van der Waals surface area contributed by atoms with Crippen LogP contribution >= 0.6 is 0 Å². The maximum absolute atomic E-state index is 11.3. The normalized spacial score (nSPS) is 19.8. The largest absolute Gasteiger partial charge is 0.370 e. The molecule has 1 aromatic carbocycles. The highest BCUT2D eigenvalue weighted by atomic mass is 16.1. The average Bonchev–Trinajstić information content (AvgIpc) is 2.94. The highest BCUT2D eigenvalue weighted by Gasteiger charge is 2.39. The molecule has 1 heterocycles. The molecule has 1 aliphatic rings. The van der Waals surface area contributed by atoms with E-state index in [0.29, 0.717) is 12.4 Å². The zero-order chi connectivity index (χ0) is 17.2. The molecule has 1 aliphatic carbocycles. The summed E-state index contributed by atoms with van der Waals surface area (Å²) in [5, 5.41) is 0. The summed E-state index contributed by atoms with van der Waals surface area (Å²) in [7, 11) is 3.71. The Morgan fingerprint density at radius 2 is 2.21 bits per heavy atom. The Morgan fingerprint density at radius 3 is 2.88 bits per heavy atom. The number of aldehydes is 1. The summed E-state index contributed by atoms with van der Waals surface area (Å²) >= 11 is 0. The van der Waals surface area contributed by atoms with Crippen molar-refractivity contribution in [2.24, 2.45) is 10.7 Å². The molecule has 1 atom stereocenters. The van der Waals surface area contributed by atoms with Gasteiger partial charge < -0.3 is 15.4 Å². The van der Waals surface area contributed by atoms with Crippen molar-refractivity contribution in [1.82, 2.24) is 9.88 Å². The van der Waals surface area contributed by atoms with Crippen molar-refractivity contribution in [3.63, 3.8) is 0 Å². The van der Waals surface area contributed by atoms with Gasteiger partial charge in [0.25, 0.3) is 0 Å². The number of fused-ring (bicyclic) bond motifs is 1. The number of aromatic nitrogens is 1. The van der Waals surface area contributed by atoms with Crippen LogP contribution in [0.1, 0.15) is 24.0 Å². The van der Waals surface area contributed by atoms with E-state index < -0.39 is 5.54 Å². The van der Waals surface area contributed by atoms with E-state index in [4.69, 9.17) is 10.7 Å². The predicted octanol–water partition coefficient (Wildman–Crippen LogP) is 2.36. The van der Waals surface area contributed by atoms with Crippen LogP contribution in [0, 0.1) is 0 Å². The van der Waals surface area contributed by atoms with Crippen LogP contribution in [0.25, 0.3) is 11.1 Å². The van der Waals surface area contributed by atoms with Gasteiger partial charge in [0, 0.05) is 32.9 Å². The zero-order valence-electron chi connectivity index (χ0n) is 14.1. The van der Waals surface area contributed by atoms with Gasteiger partial charge in [-0.25, -0.2) is 4.99 Å². The Bertz CT molecular complexity index is 770. The Kier molecular flexibility index (Phi) is 4.34. The molecule has 2 N–H and O–H groups in total. The van der Waals surface area contributed by atoms with Gasteiger partial charge in [-0.2, -0.15) is 0 Å². The van der Waals surface area contributed by atoms with Crippen molar-refractivity contribution in [2.45, 2.75) is 24.8 Å². The third kappa shape index (κ3) is 2.89. The molecule has 0 spiro atoms. The average molecular weight is 322 g/mol. The Morgan fingerprint density at radius 1 is 1.38 bits per heavy atom. The summed E-state index contributed by atoms with van der Waals surface area (Å²) in [5.74, 6) is 0.441. The fraction of sp³-hybridized carbons (Fsp3) is 0.316. The molecule has 1 aromatic heterocycles. The third-order valence-electron chi connectivity index (χ3n) is 4.62. The summed E-state index contributed by atoms with van der Waals surface area (Å²) < 4.78 is 0. The van der Waals surface area contributed by atoms with Crippen LogP contribution in [0.2, 0.25) is 0 Å². The van der Waals surface area contributed by atoms with Crippen LogP contribution in [0.15, 0.2) is 47.7 Å². The van der Waals surface area contributed by atoms with Crippen molar-refractivity contribution in [3.05, 3.63) is 53.9 Å². The van der Waals surface area contributed by atoms with E-state index in [1.807, 2.05) is 32.4 Å². The minimum atomic E-state index is -0.566. The Labute approximate surface area is 142 Å². The molecular weight excluding hydrogens is 300 g/mol. The molecule has 124 valence electrons. The number of carbonyl (C=O) groups excluding carboxylic acids is 1. The smallest absolute Gasteiger partial charge is 0.191 e. The highest BCUT2D eigenvalue weighted by Crippen LogP contribution is 2.44. The fourth-order valence-corrected chi connectivity index (χ4v) is 3.25. The molecule has 3 rings (SSSR count). The number of hydrogen-bond acceptors (Lipinski definition) is 3. The van der Waals surface area contributed by atoms with Gasteiger partial charge >= 0.3 is 0 Å². The first-order chi connectivity index (χ1) is 11.6. The molecule has 2 aromatic rings. The number of rotatable bonds is 4. The standard InChI is InChI=1S/C19H22N4O/c1-23(2)18(20)22-19(9-11-24)8-7-14-5-6-15(12-17(14)19)16-4-3-10-21-13-16/h3-6,10-13H,7-9H2,1-2H3,(H2,20,22). The first kappa shape index (κ1) is 16.2. The third-order valence-corrected chi connectivity index (χ3v) is 4.62. The number of pyridine rings is 1. The summed E-state index contributed by atoms with van der Waals surface area (Å²) in [6.45, 7) is 0. The van der Waals surface area contributed by atoms with E-state index in [0.717, 1.165) is 35.8 Å².